The fourth-order valence-electron chi connectivity index (χ4n) is 1.82. The molecule has 0 bridgehead atoms. The molecule has 0 spiro atoms. The lowest BCUT2D eigenvalue weighted by atomic mass is 10.4. The number of carbonyl (C=O) groups is 1. The van der Waals surface area contributed by atoms with Gasteiger partial charge in [-0.1, -0.05) is 0 Å². The summed E-state index contributed by atoms with van der Waals surface area (Å²) >= 11 is 0. The van der Waals surface area contributed by atoms with Gasteiger partial charge in [-0.15, -0.1) is 10.2 Å². The minimum Gasteiger partial charge on any atom is -0.360 e. The van der Waals surface area contributed by atoms with Crippen LogP contribution in [0, 0.1) is 13.8 Å². The van der Waals surface area contributed by atoms with Crippen molar-refractivity contribution in [2.45, 2.75) is 20.8 Å². The smallest absolute Gasteiger partial charge is 0.239 e. The molecule has 0 atom stereocenters. The standard InChI is InChI=1S/C13H18N6O/c1-4-14-13(20)8-15-11-5-6-12(17-16-11)19-10(3)7-9(2)18-19/h5-7H,4,8H2,1-3H3,(H,14,20)(H,15,16). The third kappa shape index (κ3) is 3.31. The first-order chi connectivity index (χ1) is 9.60. The lowest BCUT2D eigenvalue weighted by molar-refractivity contribution is -0.119. The molecule has 0 unspecified atom stereocenters. The third-order valence-corrected chi connectivity index (χ3v) is 2.68. The first kappa shape index (κ1) is 14.0. The molecule has 1 amide bonds. The summed E-state index contributed by atoms with van der Waals surface area (Å²) in [5.41, 5.74) is 1.93. The van der Waals surface area contributed by atoms with Crippen LogP contribution in [0.4, 0.5) is 5.82 Å². The van der Waals surface area contributed by atoms with E-state index in [9.17, 15) is 4.79 Å². The van der Waals surface area contributed by atoms with Crippen LogP contribution in [0.1, 0.15) is 18.3 Å². The van der Waals surface area contributed by atoms with E-state index in [0.29, 0.717) is 18.2 Å². The van der Waals surface area contributed by atoms with Crippen LogP contribution in [-0.2, 0) is 4.79 Å². The molecule has 0 radical (unpaired) electrons. The summed E-state index contributed by atoms with van der Waals surface area (Å²) in [6.45, 7) is 6.56. The minimum atomic E-state index is -0.0723. The normalized spacial score (nSPS) is 10.3. The molecule has 2 heterocycles. The van der Waals surface area contributed by atoms with Crippen LogP contribution >= 0.6 is 0 Å². The SMILES string of the molecule is CCNC(=O)CNc1ccc(-n2nc(C)cc2C)nn1. The van der Waals surface area contributed by atoms with Gasteiger partial charge >= 0.3 is 0 Å². The van der Waals surface area contributed by atoms with Crippen LogP contribution in [0.2, 0.25) is 0 Å². The highest BCUT2D eigenvalue weighted by Crippen LogP contribution is 2.10. The Bertz CT molecular complexity index is 589. The van der Waals surface area contributed by atoms with Crippen molar-refractivity contribution < 1.29 is 4.79 Å². The summed E-state index contributed by atoms with van der Waals surface area (Å²) in [6, 6.07) is 5.56. The Morgan fingerprint density at radius 1 is 1.30 bits per heavy atom. The summed E-state index contributed by atoms with van der Waals surface area (Å²) in [6.07, 6.45) is 0. The molecule has 0 fully saturated rings. The van der Waals surface area contributed by atoms with E-state index >= 15 is 0 Å². The van der Waals surface area contributed by atoms with Crippen molar-refractivity contribution in [3.63, 3.8) is 0 Å². The zero-order valence-corrected chi connectivity index (χ0v) is 11.8. The van der Waals surface area contributed by atoms with E-state index in [2.05, 4.69) is 25.9 Å². The Labute approximate surface area is 117 Å². The largest absolute Gasteiger partial charge is 0.360 e. The molecular formula is C13H18N6O. The van der Waals surface area contributed by atoms with Crippen molar-refractivity contribution in [3.05, 3.63) is 29.6 Å². The van der Waals surface area contributed by atoms with Gasteiger partial charge in [-0.3, -0.25) is 4.79 Å². The van der Waals surface area contributed by atoms with Crippen LogP contribution in [0.5, 0.6) is 0 Å². The molecular weight excluding hydrogens is 256 g/mol. The fraction of sp³-hybridized carbons (Fsp3) is 0.385. The van der Waals surface area contributed by atoms with Crippen LogP contribution < -0.4 is 10.6 Å². The predicted molar refractivity (Wildman–Crippen MR) is 75.8 cm³/mol. The van der Waals surface area contributed by atoms with Gasteiger partial charge in [0, 0.05) is 12.2 Å². The van der Waals surface area contributed by atoms with Gasteiger partial charge in [0.15, 0.2) is 5.82 Å². The van der Waals surface area contributed by atoms with Gasteiger partial charge in [0.25, 0.3) is 0 Å². The molecule has 0 saturated heterocycles. The quantitative estimate of drug-likeness (QED) is 0.843. The van der Waals surface area contributed by atoms with Crippen molar-refractivity contribution in [1.29, 1.82) is 0 Å². The molecule has 2 aromatic rings. The number of carbonyl (C=O) groups excluding carboxylic acids is 1. The number of aromatic nitrogens is 4. The second-order valence-electron chi connectivity index (χ2n) is 4.42. The summed E-state index contributed by atoms with van der Waals surface area (Å²) in [5, 5.41) is 18.1. The van der Waals surface area contributed by atoms with Crippen molar-refractivity contribution in [3.8, 4) is 5.82 Å². The maximum absolute atomic E-state index is 11.3. The lowest BCUT2D eigenvalue weighted by Gasteiger charge is -2.06. The number of anilines is 1. The van der Waals surface area contributed by atoms with Gasteiger partial charge in [0.2, 0.25) is 5.91 Å². The molecule has 2 aromatic heterocycles. The van der Waals surface area contributed by atoms with Crippen molar-refractivity contribution in [1.82, 2.24) is 25.3 Å². The monoisotopic (exact) mass is 274 g/mol. The Kier molecular flexibility index (Phi) is 4.29. The maximum atomic E-state index is 11.3. The summed E-state index contributed by atoms with van der Waals surface area (Å²) in [5.74, 6) is 1.14. The van der Waals surface area contributed by atoms with Crippen molar-refractivity contribution in [2.75, 3.05) is 18.4 Å². The number of nitrogens with zero attached hydrogens (tertiary/aromatic N) is 4. The number of likely N-dealkylation sites (N-methyl/N-ethyl adjacent to an activating group) is 1. The van der Waals surface area contributed by atoms with Gasteiger partial charge in [0.05, 0.1) is 12.2 Å². The third-order valence-electron chi connectivity index (χ3n) is 2.68. The average molecular weight is 274 g/mol. The van der Waals surface area contributed by atoms with E-state index in [0.717, 1.165) is 11.4 Å². The van der Waals surface area contributed by atoms with E-state index in [4.69, 9.17) is 0 Å². The maximum Gasteiger partial charge on any atom is 0.239 e. The molecule has 20 heavy (non-hydrogen) atoms. The molecule has 2 N–H and O–H groups in total. The molecule has 0 saturated carbocycles. The van der Waals surface area contributed by atoms with Gasteiger partial charge in [0.1, 0.15) is 5.82 Å². The molecule has 0 aliphatic heterocycles. The van der Waals surface area contributed by atoms with E-state index in [-0.39, 0.29) is 12.5 Å². The Balaban J connectivity index is 2.03. The number of rotatable bonds is 5. The second-order valence-corrected chi connectivity index (χ2v) is 4.42. The van der Waals surface area contributed by atoms with Gasteiger partial charge in [-0.25, -0.2) is 4.68 Å². The van der Waals surface area contributed by atoms with Crippen LogP contribution in [-0.4, -0.2) is 39.0 Å². The minimum absolute atomic E-state index is 0.0723. The summed E-state index contributed by atoms with van der Waals surface area (Å²) < 4.78 is 1.73. The topological polar surface area (TPSA) is 84.7 Å². The zero-order valence-electron chi connectivity index (χ0n) is 11.8. The zero-order chi connectivity index (χ0) is 14.5. The Hall–Kier alpha value is -2.44. The summed E-state index contributed by atoms with van der Waals surface area (Å²) in [4.78, 5) is 11.3. The Morgan fingerprint density at radius 3 is 2.65 bits per heavy atom. The number of amides is 1. The molecule has 0 aromatic carbocycles. The van der Waals surface area contributed by atoms with E-state index < -0.39 is 0 Å². The van der Waals surface area contributed by atoms with Crippen molar-refractivity contribution in [2.24, 2.45) is 0 Å². The second kappa shape index (κ2) is 6.14. The molecule has 0 aliphatic rings. The molecule has 7 heteroatoms. The molecule has 7 nitrogen and oxygen atoms in total. The molecule has 2 rings (SSSR count). The highest BCUT2D eigenvalue weighted by atomic mass is 16.1. The van der Waals surface area contributed by atoms with Crippen molar-refractivity contribution >= 4 is 11.7 Å². The van der Waals surface area contributed by atoms with E-state index in [1.807, 2.05) is 32.9 Å². The first-order valence-corrected chi connectivity index (χ1v) is 6.48. The number of nitrogens with one attached hydrogen (secondary N) is 2. The van der Waals surface area contributed by atoms with Gasteiger partial charge < -0.3 is 10.6 Å². The van der Waals surface area contributed by atoms with Gasteiger partial charge in [-0.2, -0.15) is 5.10 Å². The van der Waals surface area contributed by atoms with E-state index in [1.165, 1.54) is 0 Å². The average Bonchev–Trinajstić information content (AvgIpc) is 2.76. The van der Waals surface area contributed by atoms with Crippen LogP contribution in [0.15, 0.2) is 18.2 Å². The van der Waals surface area contributed by atoms with Crippen LogP contribution in [0.3, 0.4) is 0 Å². The predicted octanol–water partition coefficient (Wildman–Crippen LogP) is 0.827. The first-order valence-electron chi connectivity index (χ1n) is 6.48. The van der Waals surface area contributed by atoms with E-state index in [1.54, 1.807) is 10.7 Å². The molecule has 106 valence electrons. The lowest BCUT2D eigenvalue weighted by Crippen LogP contribution is -2.29. The number of hydrogen-bond donors (Lipinski definition) is 2. The highest BCUT2D eigenvalue weighted by Gasteiger charge is 2.06. The van der Waals surface area contributed by atoms with Crippen LogP contribution in [0.25, 0.3) is 5.82 Å². The highest BCUT2D eigenvalue weighted by molar-refractivity contribution is 5.80. The Morgan fingerprint density at radius 2 is 2.10 bits per heavy atom. The number of hydrogen-bond acceptors (Lipinski definition) is 5. The number of aryl methyl sites for hydroxylation is 2. The summed E-state index contributed by atoms with van der Waals surface area (Å²) in [7, 11) is 0. The fourth-order valence-corrected chi connectivity index (χ4v) is 1.82. The van der Waals surface area contributed by atoms with Gasteiger partial charge in [-0.05, 0) is 39.0 Å². The molecule has 0 aliphatic carbocycles.